The second kappa shape index (κ2) is 5.73. The van der Waals surface area contributed by atoms with Crippen molar-refractivity contribution in [3.63, 3.8) is 0 Å². The van der Waals surface area contributed by atoms with Gasteiger partial charge in [0.1, 0.15) is 0 Å². The van der Waals surface area contributed by atoms with E-state index in [4.69, 9.17) is 0 Å². The molecule has 0 amide bonds. The van der Waals surface area contributed by atoms with Crippen LogP contribution in [0.5, 0.6) is 0 Å². The van der Waals surface area contributed by atoms with Crippen LogP contribution in [0.3, 0.4) is 0 Å². The number of nitrogens with zero attached hydrogens (tertiary/aromatic N) is 1. The summed E-state index contributed by atoms with van der Waals surface area (Å²) in [4.78, 5) is 2.41. The Bertz CT molecular complexity index is 167. The quantitative estimate of drug-likeness (QED) is 0.705. The molecule has 1 aliphatic rings. The Balaban J connectivity index is 2.29. The molecule has 0 radical (unpaired) electrons. The maximum Gasteiger partial charge on any atom is 0.0444 e. The molecule has 2 atom stereocenters. The molecular formula is C9H20N2OS. The van der Waals surface area contributed by atoms with Crippen molar-refractivity contribution < 1.29 is 4.21 Å². The maximum absolute atomic E-state index is 11.2. The lowest BCUT2D eigenvalue weighted by molar-refractivity contribution is 0.295. The lowest BCUT2D eigenvalue weighted by Gasteiger charge is -2.22. The van der Waals surface area contributed by atoms with E-state index < -0.39 is 10.8 Å². The molecule has 0 aliphatic carbocycles. The molecule has 78 valence electrons. The summed E-state index contributed by atoms with van der Waals surface area (Å²) in [5, 5.41) is 3.67. The van der Waals surface area contributed by atoms with E-state index in [-0.39, 0.29) is 0 Å². The van der Waals surface area contributed by atoms with Gasteiger partial charge in [-0.3, -0.25) is 4.21 Å². The van der Waals surface area contributed by atoms with Gasteiger partial charge in [0, 0.05) is 41.9 Å². The van der Waals surface area contributed by atoms with Gasteiger partial charge in [-0.25, -0.2) is 0 Å². The second-order valence-corrected chi connectivity index (χ2v) is 5.52. The molecule has 1 rings (SSSR count). The van der Waals surface area contributed by atoms with Gasteiger partial charge in [0.25, 0.3) is 0 Å². The Hall–Kier alpha value is 0.0700. The molecule has 4 heteroatoms. The Morgan fingerprint density at radius 3 is 2.92 bits per heavy atom. The SMILES string of the molecule is CC(CN1CCCNCC1)S(C)=O. The van der Waals surface area contributed by atoms with Crippen molar-refractivity contribution in [2.45, 2.75) is 18.6 Å². The molecule has 2 unspecified atom stereocenters. The van der Waals surface area contributed by atoms with E-state index in [1.807, 2.05) is 0 Å². The molecule has 3 nitrogen and oxygen atoms in total. The van der Waals surface area contributed by atoms with E-state index in [0.29, 0.717) is 5.25 Å². The smallest absolute Gasteiger partial charge is 0.0444 e. The fourth-order valence-corrected chi connectivity index (χ4v) is 1.97. The first-order valence-corrected chi connectivity index (χ1v) is 6.57. The molecule has 0 bridgehead atoms. The van der Waals surface area contributed by atoms with E-state index in [1.54, 1.807) is 6.26 Å². The lowest BCUT2D eigenvalue weighted by Crippen LogP contribution is -2.35. The largest absolute Gasteiger partial charge is 0.315 e. The van der Waals surface area contributed by atoms with Crippen molar-refractivity contribution in [1.82, 2.24) is 10.2 Å². The summed E-state index contributed by atoms with van der Waals surface area (Å²) in [7, 11) is -0.680. The Morgan fingerprint density at radius 1 is 1.46 bits per heavy atom. The molecule has 1 heterocycles. The average Bonchev–Trinajstić information content (AvgIpc) is 2.32. The highest BCUT2D eigenvalue weighted by Gasteiger charge is 2.13. The van der Waals surface area contributed by atoms with Crippen molar-refractivity contribution >= 4 is 10.8 Å². The third-order valence-corrected chi connectivity index (χ3v) is 3.80. The molecular weight excluding hydrogens is 184 g/mol. The van der Waals surface area contributed by atoms with Gasteiger partial charge in [-0.2, -0.15) is 0 Å². The van der Waals surface area contributed by atoms with Crippen molar-refractivity contribution in [2.24, 2.45) is 0 Å². The zero-order valence-electron chi connectivity index (χ0n) is 8.58. The third kappa shape index (κ3) is 4.20. The van der Waals surface area contributed by atoms with Gasteiger partial charge < -0.3 is 10.2 Å². The van der Waals surface area contributed by atoms with Crippen molar-refractivity contribution in [3.8, 4) is 0 Å². The predicted octanol–water partition coefficient (Wildman–Crippen LogP) is 0.0487. The van der Waals surface area contributed by atoms with Crippen LogP contribution in [-0.4, -0.2) is 53.3 Å². The summed E-state index contributed by atoms with van der Waals surface area (Å²) in [5.74, 6) is 0. The second-order valence-electron chi connectivity index (χ2n) is 3.71. The van der Waals surface area contributed by atoms with Gasteiger partial charge in [0.15, 0.2) is 0 Å². The number of hydrogen-bond acceptors (Lipinski definition) is 3. The zero-order chi connectivity index (χ0) is 9.68. The molecule has 1 saturated heterocycles. The fourth-order valence-electron chi connectivity index (χ4n) is 1.55. The predicted molar refractivity (Wildman–Crippen MR) is 57.5 cm³/mol. The van der Waals surface area contributed by atoms with E-state index in [1.165, 1.54) is 6.42 Å². The summed E-state index contributed by atoms with van der Waals surface area (Å²) >= 11 is 0. The van der Waals surface area contributed by atoms with Gasteiger partial charge in [-0.1, -0.05) is 0 Å². The maximum atomic E-state index is 11.2. The van der Waals surface area contributed by atoms with Crippen LogP contribution in [0.1, 0.15) is 13.3 Å². The summed E-state index contributed by atoms with van der Waals surface area (Å²) in [5.41, 5.74) is 0. The Kier molecular flexibility index (Phi) is 4.91. The lowest BCUT2D eigenvalue weighted by atomic mass is 10.3. The van der Waals surface area contributed by atoms with E-state index in [0.717, 1.165) is 32.7 Å². The Morgan fingerprint density at radius 2 is 2.23 bits per heavy atom. The van der Waals surface area contributed by atoms with Crippen LogP contribution in [0.4, 0.5) is 0 Å². The molecule has 0 spiro atoms. The minimum absolute atomic E-state index is 0.304. The normalized spacial score (nSPS) is 25.1. The monoisotopic (exact) mass is 204 g/mol. The first-order chi connectivity index (χ1) is 6.20. The molecule has 0 aromatic carbocycles. The molecule has 1 fully saturated rings. The van der Waals surface area contributed by atoms with Crippen molar-refractivity contribution in [3.05, 3.63) is 0 Å². The minimum Gasteiger partial charge on any atom is -0.315 e. The zero-order valence-corrected chi connectivity index (χ0v) is 9.40. The van der Waals surface area contributed by atoms with Gasteiger partial charge >= 0.3 is 0 Å². The molecule has 1 aliphatic heterocycles. The molecule has 0 aromatic rings. The first-order valence-electron chi connectivity index (χ1n) is 4.95. The third-order valence-electron chi connectivity index (χ3n) is 2.51. The molecule has 0 saturated carbocycles. The Labute approximate surface area is 83.3 Å². The fraction of sp³-hybridized carbons (Fsp3) is 1.00. The summed E-state index contributed by atoms with van der Waals surface area (Å²) in [6, 6.07) is 0. The molecule has 1 N–H and O–H groups in total. The van der Waals surface area contributed by atoms with Crippen LogP contribution in [0.25, 0.3) is 0 Å². The number of hydrogen-bond donors (Lipinski definition) is 1. The van der Waals surface area contributed by atoms with Crippen LogP contribution in [-0.2, 0) is 10.8 Å². The van der Waals surface area contributed by atoms with Crippen molar-refractivity contribution in [2.75, 3.05) is 39.0 Å². The summed E-state index contributed by atoms with van der Waals surface area (Å²) in [6.07, 6.45) is 3.00. The molecule has 0 aromatic heterocycles. The highest BCUT2D eigenvalue weighted by Crippen LogP contribution is 2.00. The molecule has 13 heavy (non-hydrogen) atoms. The van der Waals surface area contributed by atoms with Gasteiger partial charge in [-0.15, -0.1) is 0 Å². The topological polar surface area (TPSA) is 32.3 Å². The van der Waals surface area contributed by atoms with Crippen LogP contribution < -0.4 is 5.32 Å². The summed E-state index contributed by atoms with van der Waals surface area (Å²) < 4.78 is 11.2. The van der Waals surface area contributed by atoms with Gasteiger partial charge in [0.2, 0.25) is 0 Å². The van der Waals surface area contributed by atoms with Gasteiger partial charge in [0.05, 0.1) is 0 Å². The average molecular weight is 204 g/mol. The van der Waals surface area contributed by atoms with E-state index >= 15 is 0 Å². The summed E-state index contributed by atoms with van der Waals surface area (Å²) in [6.45, 7) is 7.48. The highest BCUT2D eigenvalue weighted by atomic mass is 32.2. The first kappa shape index (κ1) is 11.1. The highest BCUT2D eigenvalue weighted by molar-refractivity contribution is 7.84. The van der Waals surface area contributed by atoms with Crippen molar-refractivity contribution in [1.29, 1.82) is 0 Å². The van der Waals surface area contributed by atoms with Crippen LogP contribution in [0.15, 0.2) is 0 Å². The van der Waals surface area contributed by atoms with E-state index in [2.05, 4.69) is 17.1 Å². The minimum atomic E-state index is -0.680. The van der Waals surface area contributed by atoms with E-state index in [9.17, 15) is 4.21 Å². The van der Waals surface area contributed by atoms with Gasteiger partial charge in [-0.05, 0) is 26.4 Å². The number of nitrogens with one attached hydrogen (secondary N) is 1. The standard InChI is InChI=1S/C9H20N2OS/c1-9(13(2)12)8-11-6-3-4-10-5-7-11/h9-10H,3-8H2,1-2H3. The van der Waals surface area contributed by atoms with Crippen LogP contribution in [0, 0.1) is 0 Å². The number of rotatable bonds is 3. The van der Waals surface area contributed by atoms with Crippen LogP contribution >= 0.6 is 0 Å². The van der Waals surface area contributed by atoms with Crippen LogP contribution in [0.2, 0.25) is 0 Å².